The molecule has 12 heteroatoms. The average Bonchev–Trinajstić information content (AvgIpc) is 3.36. The molecule has 0 spiro atoms. The number of carboxylic acids is 1. The summed E-state index contributed by atoms with van der Waals surface area (Å²) in [4.78, 5) is 39.3. The van der Waals surface area contributed by atoms with Crippen molar-refractivity contribution in [3.05, 3.63) is 71.4 Å². The van der Waals surface area contributed by atoms with Crippen LogP contribution >= 0.6 is 0 Å². The van der Waals surface area contributed by atoms with Gasteiger partial charge in [0.1, 0.15) is 5.82 Å². The molecule has 0 aliphatic heterocycles. The fraction of sp³-hybridized carbons (Fsp3) is 0.357. The normalized spacial score (nSPS) is 17.3. The second kappa shape index (κ2) is 12.3. The van der Waals surface area contributed by atoms with Gasteiger partial charge in [-0.25, -0.2) is 9.37 Å². The van der Waals surface area contributed by atoms with Gasteiger partial charge in [-0.3, -0.25) is 14.4 Å². The van der Waals surface area contributed by atoms with Gasteiger partial charge >= 0.3 is 12.1 Å². The van der Waals surface area contributed by atoms with Crippen molar-refractivity contribution in [3.8, 4) is 11.5 Å². The minimum Gasteiger partial charge on any atom is -0.481 e. The zero-order valence-electron chi connectivity index (χ0n) is 21.3. The third-order valence-corrected chi connectivity index (χ3v) is 6.82. The Morgan fingerprint density at radius 1 is 1.00 bits per heavy atom. The van der Waals surface area contributed by atoms with E-state index in [1.807, 2.05) is 12.1 Å². The summed E-state index contributed by atoms with van der Waals surface area (Å²) in [6.45, 7) is -0.276. The molecule has 8 nitrogen and oxygen atoms in total. The number of carbonyl (C=O) groups excluding carboxylic acids is 2. The van der Waals surface area contributed by atoms with Gasteiger partial charge in [0.25, 0.3) is 5.91 Å². The summed E-state index contributed by atoms with van der Waals surface area (Å²) in [5.74, 6) is -5.15. The van der Waals surface area contributed by atoms with Gasteiger partial charge in [0.05, 0.1) is 5.56 Å². The van der Waals surface area contributed by atoms with Crippen molar-refractivity contribution in [3.63, 3.8) is 0 Å². The molecule has 0 atom stereocenters. The van der Waals surface area contributed by atoms with E-state index in [1.165, 1.54) is 18.2 Å². The quantitative estimate of drug-likeness (QED) is 0.275. The molecule has 212 valence electrons. The van der Waals surface area contributed by atoms with Crippen LogP contribution in [0.5, 0.6) is 0 Å². The van der Waals surface area contributed by atoms with Crippen LogP contribution in [0.3, 0.4) is 0 Å². The number of aliphatic carboxylic acids is 1. The summed E-state index contributed by atoms with van der Waals surface area (Å²) >= 11 is 0. The highest BCUT2D eigenvalue weighted by Gasteiger charge is 2.42. The zero-order valence-corrected chi connectivity index (χ0v) is 21.3. The highest BCUT2D eigenvalue weighted by molar-refractivity contribution is 5.95. The molecule has 3 N–H and O–H groups in total. The maximum atomic E-state index is 14.0. The molecule has 4 rings (SSSR count). The lowest BCUT2D eigenvalue weighted by molar-refractivity contribution is -0.153. The molecule has 1 aromatic heterocycles. The van der Waals surface area contributed by atoms with E-state index in [4.69, 9.17) is 9.52 Å². The van der Waals surface area contributed by atoms with Crippen LogP contribution < -0.4 is 10.6 Å². The van der Waals surface area contributed by atoms with Crippen LogP contribution in [0.25, 0.3) is 11.5 Å². The van der Waals surface area contributed by atoms with Crippen molar-refractivity contribution in [2.45, 2.75) is 50.6 Å². The highest BCUT2D eigenvalue weighted by Crippen LogP contribution is 2.38. The summed E-state index contributed by atoms with van der Waals surface area (Å²) < 4.78 is 59.1. The Kier molecular flexibility index (Phi) is 8.86. The van der Waals surface area contributed by atoms with E-state index in [-0.39, 0.29) is 30.9 Å². The highest BCUT2D eigenvalue weighted by atomic mass is 19.4. The van der Waals surface area contributed by atoms with E-state index >= 15 is 0 Å². The van der Waals surface area contributed by atoms with Crippen LogP contribution in [0.2, 0.25) is 0 Å². The number of hydrogen-bond donors (Lipinski definition) is 3. The first-order valence-corrected chi connectivity index (χ1v) is 12.7. The molecular formula is C28H27F4N3O5. The maximum Gasteiger partial charge on any atom is 0.452 e. The van der Waals surface area contributed by atoms with E-state index in [9.17, 15) is 31.9 Å². The minimum atomic E-state index is -5.05. The van der Waals surface area contributed by atoms with Crippen LogP contribution in [0.1, 0.15) is 66.3 Å². The molecule has 40 heavy (non-hydrogen) atoms. The predicted molar refractivity (Wildman–Crippen MR) is 136 cm³/mol. The van der Waals surface area contributed by atoms with Gasteiger partial charge in [-0.15, -0.1) is 0 Å². The van der Waals surface area contributed by atoms with Gasteiger partial charge in [0.2, 0.25) is 17.6 Å². The van der Waals surface area contributed by atoms with Gasteiger partial charge in [0.15, 0.2) is 5.69 Å². The number of hydrogen-bond acceptors (Lipinski definition) is 5. The van der Waals surface area contributed by atoms with Crippen molar-refractivity contribution in [2.75, 3.05) is 11.9 Å². The number of nitrogens with zero attached hydrogens (tertiary/aromatic N) is 1. The summed E-state index contributed by atoms with van der Waals surface area (Å²) in [6, 6.07) is 12.2. The lowest BCUT2D eigenvalue weighted by Crippen LogP contribution is -2.29. The van der Waals surface area contributed by atoms with E-state index < -0.39 is 47.1 Å². The van der Waals surface area contributed by atoms with Crippen LogP contribution in [0.15, 0.2) is 52.9 Å². The number of rotatable bonds is 9. The number of benzene rings is 2. The maximum absolute atomic E-state index is 14.0. The van der Waals surface area contributed by atoms with Gasteiger partial charge in [-0.1, -0.05) is 24.3 Å². The molecule has 0 radical (unpaired) electrons. The molecule has 1 heterocycles. The molecule has 0 unspecified atom stereocenters. The Labute approximate surface area is 226 Å². The molecule has 1 saturated carbocycles. The Morgan fingerprint density at radius 3 is 2.30 bits per heavy atom. The number of amides is 2. The van der Waals surface area contributed by atoms with Gasteiger partial charge < -0.3 is 20.2 Å². The van der Waals surface area contributed by atoms with Crippen LogP contribution in [0.4, 0.5) is 23.2 Å². The number of carbonyl (C=O) groups is 3. The standard InChI is InChI=1S/C28H27F4N3O5/c29-21-4-2-1-3-20(21)27-35-24(25(40-27)28(30,31)32)26(39)33-14-13-22(36)34-19-11-9-18(10-12-19)17-7-5-16(6-8-17)15-23(37)38/h1-4,9-12,16-17H,5-8,13-15H2,(H,33,39)(H,34,36)(H,37,38). The second-order valence-electron chi connectivity index (χ2n) is 9.67. The number of aromatic nitrogens is 1. The Balaban J connectivity index is 1.29. The molecule has 2 amide bonds. The lowest BCUT2D eigenvalue weighted by atomic mass is 9.77. The van der Waals surface area contributed by atoms with E-state index in [2.05, 4.69) is 15.6 Å². The third kappa shape index (κ3) is 7.25. The monoisotopic (exact) mass is 561 g/mol. The third-order valence-electron chi connectivity index (χ3n) is 6.82. The number of halogens is 4. The van der Waals surface area contributed by atoms with Crippen molar-refractivity contribution in [2.24, 2.45) is 5.92 Å². The van der Waals surface area contributed by atoms with Crippen molar-refractivity contribution >= 4 is 23.5 Å². The number of anilines is 1. The Morgan fingerprint density at radius 2 is 1.68 bits per heavy atom. The summed E-state index contributed by atoms with van der Waals surface area (Å²) in [7, 11) is 0. The van der Waals surface area contributed by atoms with E-state index in [0.717, 1.165) is 37.3 Å². The number of nitrogens with one attached hydrogen (secondary N) is 2. The lowest BCUT2D eigenvalue weighted by Gasteiger charge is -2.28. The average molecular weight is 562 g/mol. The molecule has 0 bridgehead atoms. The molecule has 2 aromatic carbocycles. The fourth-order valence-corrected chi connectivity index (χ4v) is 4.80. The summed E-state index contributed by atoms with van der Waals surface area (Å²) in [5, 5.41) is 13.9. The largest absolute Gasteiger partial charge is 0.481 e. The molecule has 1 aliphatic rings. The zero-order chi connectivity index (χ0) is 28.9. The van der Waals surface area contributed by atoms with Gasteiger partial charge in [0, 0.05) is 25.1 Å². The fourth-order valence-electron chi connectivity index (χ4n) is 4.80. The first kappa shape index (κ1) is 28.8. The van der Waals surface area contributed by atoms with Gasteiger partial charge in [-0.2, -0.15) is 13.2 Å². The molecule has 1 fully saturated rings. The second-order valence-corrected chi connectivity index (χ2v) is 9.67. The number of alkyl halides is 3. The Hall–Kier alpha value is -4.22. The van der Waals surface area contributed by atoms with Crippen molar-refractivity contribution in [1.29, 1.82) is 0 Å². The van der Waals surface area contributed by atoms with Crippen molar-refractivity contribution < 1.29 is 41.5 Å². The summed E-state index contributed by atoms with van der Waals surface area (Å²) in [5.41, 5.74) is 0.231. The molecular weight excluding hydrogens is 534 g/mol. The Bertz CT molecular complexity index is 1360. The first-order chi connectivity index (χ1) is 19.0. The van der Waals surface area contributed by atoms with E-state index in [0.29, 0.717) is 11.6 Å². The van der Waals surface area contributed by atoms with Gasteiger partial charge in [-0.05, 0) is 67.3 Å². The van der Waals surface area contributed by atoms with Crippen LogP contribution in [-0.4, -0.2) is 34.4 Å². The SMILES string of the molecule is O=C(O)CC1CCC(c2ccc(NC(=O)CCNC(=O)c3nc(-c4ccccc4F)oc3C(F)(F)F)cc2)CC1. The van der Waals surface area contributed by atoms with Crippen LogP contribution in [0, 0.1) is 11.7 Å². The molecule has 3 aromatic rings. The summed E-state index contributed by atoms with van der Waals surface area (Å²) in [6.07, 6.45) is -1.59. The predicted octanol–water partition coefficient (Wildman–Crippen LogP) is 6.01. The molecule has 1 aliphatic carbocycles. The minimum absolute atomic E-state index is 0.189. The molecule has 0 saturated heterocycles. The topological polar surface area (TPSA) is 122 Å². The number of oxazole rings is 1. The van der Waals surface area contributed by atoms with Crippen molar-refractivity contribution in [1.82, 2.24) is 10.3 Å². The van der Waals surface area contributed by atoms with Crippen LogP contribution in [-0.2, 0) is 15.8 Å². The smallest absolute Gasteiger partial charge is 0.452 e. The van der Waals surface area contributed by atoms with E-state index in [1.54, 1.807) is 12.1 Å². The first-order valence-electron chi connectivity index (χ1n) is 12.7. The number of carboxylic acid groups (broad SMARTS) is 1.